The molecule has 0 aliphatic rings. The zero-order chi connectivity index (χ0) is 23.4. The number of H-pyrrole nitrogens is 1. The number of hydrogen-bond donors (Lipinski definition) is 2. The Labute approximate surface area is 190 Å². The molecule has 0 saturated heterocycles. The fourth-order valence-corrected chi connectivity index (χ4v) is 4.18. The molecule has 32 heavy (non-hydrogen) atoms. The largest absolute Gasteiger partial charge is 0.330 e. The van der Waals surface area contributed by atoms with Gasteiger partial charge in [0.15, 0.2) is 5.65 Å². The van der Waals surface area contributed by atoms with Crippen molar-refractivity contribution in [3.8, 4) is 0 Å². The van der Waals surface area contributed by atoms with E-state index in [4.69, 9.17) is 0 Å². The van der Waals surface area contributed by atoms with Gasteiger partial charge in [-0.1, -0.05) is 58.8 Å². The van der Waals surface area contributed by atoms with E-state index in [9.17, 15) is 14.4 Å². The minimum absolute atomic E-state index is 0.000428. The zero-order valence-corrected chi connectivity index (χ0v) is 20.0. The second kappa shape index (κ2) is 10.2. The third-order valence-corrected chi connectivity index (χ3v) is 5.93. The summed E-state index contributed by atoms with van der Waals surface area (Å²) < 4.78 is 1.43. The van der Waals surface area contributed by atoms with Crippen LogP contribution in [0.5, 0.6) is 0 Å². The first kappa shape index (κ1) is 23.8. The molecule has 0 atom stereocenters. The van der Waals surface area contributed by atoms with Crippen LogP contribution in [0.2, 0.25) is 0 Å². The number of anilines is 1. The molecule has 0 unspecified atom stereocenters. The van der Waals surface area contributed by atoms with Crippen molar-refractivity contribution in [3.05, 3.63) is 43.2 Å². The zero-order valence-electron chi connectivity index (χ0n) is 19.2. The fourth-order valence-electron chi connectivity index (χ4n) is 3.40. The van der Waals surface area contributed by atoms with Crippen molar-refractivity contribution in [2.24, 2.45) is 5.92 Å². The first-order valence-corrected chi connectivity index (χ1v) is 11.8. The van der Waals surface area contributed by atoms with Crippen LogP contribution in [0, 0.1) is 5.92 Å². The molecule has 0 aromatic carbocycles. The standard InChI is InChI=1S/C22H30N6O3S/c1-6-7-8-9-16-26-27-21(32-16)24-19(29)14-10-15(13(4)5)23-18-17(14)20(30)25-22(31)28(18)11-12(2)3/h10,12-13H,6-9,11H2,1-5H3,(H,24,27,29)(H,25,30,31). The van der Waals surface area contributed by atoms with Gasteiger partial charge in [0.1, 0.15) is 5.01 Å². The van der Waals surface area contributed by atoms with E-state index in [1.807, 2.05) is 27.7 Å². The van der Waals surface area contributed by atoms with Crippen molar-refractivity contribution in [3.63, 3.8) is 0 Å². The third-order valence-electron chi connectivity index (χ3n) is 5.03. The summed E-state index contributed by atoms with van der Waals surface area (Å²) in [4.78, 5) is 45.4. The number of rotatable bonds is 9. The maximum Gasteiger partial charge on any atom is 0.330 e. The highest BCUT2D eigenvalue weighted by atomic mass is 32.1. The number of pyridine rings is 1. The van der Waals surface area contributed by atoms with Crippen molar-refractivity contribution >= 4 is 33.4 Å². The second-order valence-electron chi connectivity index (χ2n) is 8.62. The number of nitrogens with one attached hydrogen (secondary N) is 2. The van der Waals surface area contributed by atoms with E-state index in [1.165, 1.54) is 15.9 Å². The number of nitrogens with zero attached hydrogens (tertiary/aromatic N) is 4. The lowest BCUT2D eigenvalue weighted by Gasteiger charge is -2.15. The quantitative estimate of drug-likeness (QED) is 0.471. The summed E-state index contributed by atoms with van der Waals surface area (Å²) in [6.07, 6.45) is 4.07. The number of fused-ring (bicyclic) bond motifs is 1. The van der Waals surface area contributed by atoms with Gasteiger partial charge in [-0.2, -0.15) is 0 Å². The number of amides is 1. The Morgan fingerprint density at radius 3 is 2.59 bits per heavy atom. The molecular formula is C22H30N6O3S. The van der Waals surface area contributed by atoms with Gasteiger partial charge in [0.2, 0.25) is 5.13 Å². The number of carbonyl (C=O) groups excluding carboxylic acids is 1. The molecule has 3 rings (SSSR count). The first-order valence-electron chi connectivity index (χ1n) is 11.0. The molecule has 3 aromatic rings. The van der Waals surface area contributed by atoms with Crippen molar-refractivity contribution in [1.82, 2.24) is 24.7 Å². The maximum atomic E-state index is 13.2. The minimum atomic E-state index is -0.629. The lowest BCUT2D eigenvalue weighted by atomic mass is 10.0. The van der Waals surface area contributed by atoms with Crippen LogP contribution in [0.1, 0.15) is 80.9 Å². The van der Waals surface area contributed by atoms with Gasteiger partial charge in [-0.05, 0) is 24.3 Å². The van der Waals surface area contributed by atoms with Gasteiger partial charge < -0.3 is 0 Å². The highest BCUT2D eigenvalue weighted by molar-refractivity contribution is 7.15. The van der Waals surface area contributed by atoms with E-state index < -0.39 is 17.2 Å². The maximum absolute atomic E-state index is 13.2. The normalized spacial score (nSPS) is 11.6. The predicted molar refractivity (Wildman–Crippen MR) is 127 cm³/mol. The second-order valence-corrected chi connectivity index (χ2v) is 9.69. The summed E-state index contributed by atoms with van der Waals surface area (Å²) >= 11 is 1.33. The Balaban J connectivity index is 2.06. The number of aryl methyl sites for hydroxylation is 1. The van der Waals surface area contributed by atoms with Crippen LogP contribution in [0.3, 0.4) is 0 Å². The number of aromatic amines is 1. The number of aromatic nitrogens is 5. The van der Waals surface area contributed by atoms with E-state index in [0.717, 1.165) is 30.7 Å². The molecular weight excluding hydrogens is 428 g/mol. The van der Waals surface area contributed by atoms with Gasteiger partial charge in [0.25, 0.3) is 11.5 Å². The van der Waals surface area contributed by atoms with Crippen LogP contribution in [0.25, 0.3) is 11.0 Å². The molecule has 0 fully saturated rings. The highest BCUT2D eigenvalue weighted by Gasteiger charge is 2.22. The van der Waals surface area contributed by atoms with E-state index in [-0.39, 0.29) is 28.4 Å². The van der Waals surface area contributed by atoms with Crippen LogP contribution >= 0.6 is 11.3 Å². The molecule has 2 N–H and O–H groups in total. The van der Waals surface area contributed by atoms with Crippen LogP contribution in [-0.2, 0) is 13.0 Å². The molecule has 172 valence electrons. The smallest absolute Gasteiger partial charge is 0.296 e. The lowest BCUT2D eigenvalue weighted by Crippen LogP contribution is -2.33. The summed E-state index contributed by atoms with van der Waals surface area (Å²) in [6, 6.07) is 1.62. The van der Waals surface area contributed by atoms with Crippen LogP contribution < -0.4 is 16.6 Å². The molecule has 0 aliphatic heterocycles. The van der Waals surface area contributed by atoms with E-state index in [2.05, 4.69) is 32.4 Å². The topological polar surface area (TPSA) is 123 Å². The molecule has 3 heterocycles. The predicted octanol–water partition coefficient (Wildman–Crippen LogP) is 3.70. The summed E-state index contributed by atoms with van der Waals surface area (Å²) in [5, 5.41) is 12.3. The summed E-state index contributed by atoms with van der Waals surface area (Å²) in [5.41, 5.74) is -0.142. The van der Waals surface area contributed by atoms with Gasteiger partial charge in [-0.15, -0.1) is 10.2 Å². The first-order chi connectivity index (χ1) is 15.2. The van der Waals surface area contributed by atoms with Crippen LogP contribution in [-0.4, -0.2) is 30.6 Å². The van der Waals surface area contributed by atoms with Gasteiger partial charge >= 0.3 is 5.69 Å². The molecule has 0 aliphatic carbocycles. The molecule has 9 nitrogen and oxygen atoms in total. The lowest BCUT2D eigenvalue weighted by molar-refractivity contribution is 0.102. The summed E-state index contributed by atoms with van der Waals surface area (Å²) in [6.45, 7) is 10.3. The van der Waals surface area contributed by atoms with Crippen LogP contribution in [0.4, 0.5) is 5.13 Å². The van der Waals surface area contributed by atoms with Gasteiger partial charge in [0, 0.05) is 18.7 Å². The highest BCUT2D eigenvalue weighted by Crippen LogP contribution is 2.23. The van der Waals surface area contributed by atoms with Crippen molar-refractivity contribution < 1.29 is 4.79 Å². The molecule has 0 saturated carbocycles. The average molecular weight is 459 g/mol. The Bertz CT molecular complexity index is 1220. The number of unbranched alkanes of at least 4 members (excludes halogenated alkanes) is 2. The number of hydrogen-bond acceptors (Lipinski definition) is 7. The Morgan fingerprint density at radius 1 is 1.19 bits per heavy atom. The Morgan fingerprint density at radius 2 is 1.94 bits per heavy atom. The van der Waals surface area contributed by atoms with Crippen LogP contribution in [0.15, 0.2) is 15.7 Å². The van der Waals surface area contributed by atoms with Crippen molar-refractivity contribution in [2.45, 2.75) is 72.8 Å². The third kappa shape index (κ3) is 5.29. The summed E-state index contributed by atoms with van der Waals surface area (Å²) in [5.74, 6) is -0.327. The van der Waals surface area contributed by atoms with E-state index in [1.54, 1.807) is 6.07 Å². The van der Waals surface area contributed by atoms with Gasteiger partial charge in [-0.25, -0.2) is 9.78 Å². The van der Waals surface area contributed by atoms with E-state index in [0.29, 0.717) is 17.4 Å². The molecule has 10 heteroatoms. The molecule has 3 aromatic heterocycles. The Hall–Kier alpha value is -2.88. The Kier molecular flexibility index (Phi) is 7.55. The molecule has 0 spiro atoms. The average Bonchev–Trinajstić information content (AvgIpc) is 3.17. The molecule has 0 radical (unpaired) electrons. The van der Waals surface area contributed by atoms with Gasteiger partial charge in [-0.3, -0.25) is 24.5 Å². The number of carbonyl (C=O) groups is 1. The SMILES string of the molecule is CCCCCc1nnc(NC(=O)c2cc(C(C)C)nc3c2c(=O)[nH]c(=O)n3CC(C)C)s1. The minimum Gasteiger partial charge on any atom is -0.296 e. The van der Waals surface area contributed by atoms with Gasteiger partial charge in [0.05, 0.1) is 10.9 Å². The monoisotopic (exact) mass is 458 g/mol. The molecule has 1 amide bonds. The fraction of sp³-hybridized carbons (Fsp3) is 0.545. The summed E-state index contributed by atoms with van der Waals surface area (Å²) in [7, 11) is 0. The van der Waals surface area contributed by atoms with Crippen molar-refractivity contribution in [1.29, 1.82) is 0 Å². The van der Waals surface area contributed by atoms with E-state index >= 15 is 0 Å². The molecule has 0 bridgehead atoms. The van der Waals surface area contributed by atoms with Crippen molar-refractivity contribution in [2.75, 3.05) is 5.32 Å².